The van der Waals surface area contributed by atoms with Gasteiger partial charge in [0.1, 0.15) is 5.82 Å². The number of aryl methyl sites for hydroxylation is 1. The first-order chi connectivity index (χ1) is 7.83. The Balaban J connectivity index is 2.40. The molecule has 0 radical (unpaired) electrons. The van der Waals surface area contributed by atoms with E-state index >= 15 is 0 Å². The van der Waals surface area contributed by atoms with Crippen LogP contribution in [0.25, 0.3) is 0 Å². The Kier molecular flexibility index (Phi) is 3.02. The summed E-state index contributed by atoms with van der Waals surface area (Å²) in [6.45, 7) is 1.95. The summed E-state index contributed by atoms with van der Waals surface area (Å²) in [6, 6.07) is 12.3. The maximum atomic E-state index is 8.90. The van der Waals surface area contributed by atoms with Crippen molar-refractivity contribution in [3.63, 3.8) is 0 Å². The van der Waals surface area contributed by atoms with Gasteiger partial charge in [0.15, 0.2) is 0 Å². The summed E-state index contributed by atoms with van der Waals surface area (Å²) >= 11 is 0. The van der Waals surface area contributed by atoms with Crippen LogP contribution in [0.3, 0.4) is 0 Å². The van der Waals surface area contributed by atoms with E-state index in [-0.39, 0.29) is 6.04 Å². The second-order valence-corrected chi connectivity index (χ2v) is 3.67. The van der Waals surface area contributed by atoms with Crippen LogP contribution in [-0.4, -0.2) is 9.55 Å². The van der Waals surface area contributed by atoms with E-state index in [0.29, 0.717) is 6.42 Å². The van der Waals surface area contributed by atoms with E-state index in [2.05, 4.69) is 11.1 Å². The fraction of sp³-hybridized carbons (Fsp3) is 0.231. The molecule has 1 aromatic carbocycles. The van der Waals surface area contributed by atoms with Gasteiger partial charge in [-0.3, -0.25) is 0 Å². The number of imidazole rings is 1. The number of nitrogens with zero attached hydrogens (tertiary/aromatic N) is 3. The molecule has 1 heterocycles. The molecule has 3 nitrogen and oxygen atoms in total. The Morgan fingerprint density at radius 2 is 2.12 bits per heavy atom. The molecule has 1 atom stereocenters. The number of nitriles is 1. The molecule has 0 saturated heterocycles. The topological polar surface area (TPSA) is 41.6 Å². The zero-order valence-corrected chi connectivity index (χ0v) is 9.17. The summed E-state index contributed by atoms with van der Waals surface area (Å²) in [7, 11) is 0. The Bertz CT molecular complexity index is 493. The highest BCUT2D eigenvalue weighted by Gasteiger charge is 2.14. The normalized spacial score (nSPS) is 12.0. The number of hydrogen-bond acceptors (Lipinski definition) is 2. The molecule has 16 heavy (non-hydrogen) atoms. The van der Waals surface area contributed by atoms with Gasteiger partial charge in [0.2, 0.25) is 0 Å². The number of benzene rings is 1. The highest BCUT2D eigenvalue weighted by molar-refractivity contribution is 5.21. The molecular formula is C13H13N3. The van der Waals surface area contributed by atoms with Crippen LogP contribution in [0.4, 0.5) is 0 Å². The standard InChI is InChI=1S/C13H13N3/c1-11-15-9-10-16(11)13(7-8-14)12-5-3-2-4-6-12/h2-6,9-10,13H,7H2,1H3. The van der Waals surface area contributed by atoms with Gasteiger partial charge in [-0.25, -0.2) is 4.98 Å². The summed E-state index contributed by atoms with van der Waals surface area (Å²) in [4.78, 5) is 4.20. The zero-order chi connectivity index (χ0) is 11.4. The lowest BCUT2D eigenvalue weighted by molar-refractivity contribution is 0.580. The summed E-state index contributed by atoms with van der Waals surface area (Å²) in [6.07, 6.45) is 4.15. The van der Waals surface area contributed by atoms with E-state index in [1.54, 1.807) is 6.20 Å². The van der Waals surface area contributed by atoms with Crippen molar-refractivity contribution < 1.29 is 0 Å². The minimum atomic E-state index is 0.0636. The predicted molar refractivity (Wildman–Crippen MR) is 61.8 cm³/mol. The summed E-state index contributed by atoms with van der Waals surface area (Å²) in [5.41, 5.74) is 1.14. The van der Waals surface area contributed by atoms with Crippen LogP contribution in [-0.2, 0) is 0 Å². The third-order valence-electron chi connectivity index (χ3n) is 2.67. The molecule has 0 aliphatic heterocycles. The fourth-order valence-corrected chi connectivity index (χ4v) is 1.86. The molecule has 0 aliphatic carbocycles. The molecule has 0 spiro atoms. The lowest BCUT2D eigenvalue weighted by Gasteiger charge is -2.17. The minimum Gasteiger partial charge on any atom is -0.327 e. The first-order valence-electron chi connectivity index (χ1n) is 5.24. The maximum Gasteiger partial charge on any atom is 0.106 e. The van der Waals surface area contributed by atoms with Crippen LogP contribution >= 0.6 is 0 Å². The van der Waals surface area contributed by atoms with E-state index in [1.807, 2.05) is 48.0 Å². The van der Waals surface area contributed by atoms with Crippen LogP contribution in [0.5, 0.6) is 0 Å². The molecule has 2 aromatic rings. The van der Waals surface area contributed by atoms with Crippen molar-refractivity contribution in [1.82, 2.24) is 9.55 Å². The lowest BCUT2D eigenvalue weighted by Crippen LogP contribution is -2.10. The molecule has 0 aliphatic rings. The average molecular weight is 211 g/mol. The van der Waals surface area contributed by atoms with Crippen LogP contribution in [0.2, 0.25) is 0 Å². The zero-order valence-electron chi connectivity index (χ0n) is 9.17. The van der Waals surface area contributed by atoms with Crippen molar-refractivity contribution in [2.45, 2.75) is 19.4 Å². The fourth-order valence-electron chi connectivity index (χ4n) is 1.86. The highest BCUT2D eigenvalue weighted by Crippen LogP contribution is 2.22. The van der Waals surface area contributed by atoms with Gasteiger partial charge < -0.3 is 4.57 Å². The first kappa shape index (κ1) is 10.4. The number of rotatable bonds is 3. The smallest absolute Gasteiger partial charge is 0.106 e. The van der Waals surface area contributed by atoms with Gasteiger partial charge in [-0.15, -0.1) is 0 Å². The second-order valence-electron chi connectivity index (χ2n) is 3.67. The van der Waals surface area contributed by atoms with Gasteiger partial charge in [-0.1, -0.05) is 30.3 Å². The molecular weight excluding hydrogens is 198 g/mol. The predicted octanol–water partition coefficient (Wildman–Crippen LogP) is 2.69. The molecule has 0 N–H and O–H groups in total. The van der Waals surface area contributed by atoms with Crippen molar-refractivity contribution in [1.29, 1.82) is 5.26 Å². The van der Waals surface area contributed by atoms with Crippen molar-refractivity contribution in [3.8, 4) is 6.07 Å². The van der Waals surface area contributed by atoms with Gasteiger partial charge >= 0.3 is 0 Å². The second kappa shape index (κ2) is 4.63. The summed E-state index contributed by atoms with van der Waals surface area (Å²) in [5, 5.41) is 8.90. The Morgan fingerprint density at radius 1 is 1.38 bits per heavy atom. The van der Waals surface area contributed by atoms with E-state index in [0.717, 1.165) is 11.4 Å². The van der Waals surface area contributed by atoms with E-state index in [1.165, 1.54) is 0 Å². The van der Waals surface area contributed by atoms with Gasteiger partial charge in [0, 0.05) is 12.4 Å². The van der Waals surface area contributed by atoms with Gasteiger partial charge in [-0.05, 0) is 12.5 Å². The molecule has 3 heteroatoms. The molecule has 0 saturated carbocycles. The monoisotopic (exact) mass is 211 g/mol. The van der Waals surface area contributed by atoms with Crippen LogP contribution in [0.1, 0.15) is 23.9 Å². The molecule has 0 amide bonds. The van der Waals surface area contributed by atoms with E-state index in [4.69, 9.17) is 5.26 Å². The number of hydrogen-bond donors (Lipinski definition) is 0. The third-order valence-corrected chi connectivity index (χ3v) is 2.67. The Labute approximate surface area is 95.0 Å². The summed E-state index contributed by atoms with van der Waals surface area (Å²) < 4.78 is 2.04. The largest absolute Gasteiger partial charge is 0.327 e. The minimum absolute atomic E-state index is 0.0636. The van der Waals surface area contributed by atoms with Crippen molar-refractivity contribution in [3.05, 3.63) is 54.1 Å². The molecule has 1 aromatic heterocycles. The Hall–Kier alpha value is -2.08. The van der Waals surface area contributed by atoms with Crippen molar-refractivity contribution in [2.75, 3.05) is 0 Å². The third kappa shape index (κ3) is 1.96. The van der Waals surface area contributed by atoms with E-state index in [9.17, 15) is 0 Å². The van der Waals surface area contributed by atoms with E-state index < -0.39 is 0 Å². The van der Waals surface area contributed by atoms with Crippen molar-refractivity contribution >= 4 is 0 Å². The first-order valence-corrected chi connectivity index (χ1v) is 5.24. The average Bonchev–Trinajstić information content (AvgIpc) is 2.73. The Morgan fingerprint density at radius 3 is 2.69 bits per heavy atom. The van der Waals surface area contributed by atoms with Crippen molar-refractivity contribution in [2.24, 2.45) is 0 Å². The maximum absolute atomic E-state index is 8.90. The highest BCUT2D eigenvalue weighted by atomic mass is 15.1. The van der Waals surface area contributed by atoms with Crippen LogP contribution in [0.15, 0.2) is 42.7 Å². The number of aromatic nitrogens is 2. The SMILES string of the molecule is Cc1nccn1C(CC#N)c1ccccc1. The quantitative estimate of drug-likeness (QED) is 0.783. The molecule has 1 unspecified atom stereocenters. The van der Waals surface area contributed by atoms with Gasteiger partial charge in [0.25, 0.3) is 0 Å². The molecule has 2 rings (SSSR count). The molecule has 0 fully saturated rings. The lowest BCUT2D eigenvalue weighted by atomic mass is 10.0. The van der Waals surface area contributed by atoms with Gasteiger partial charge in [0.05, 0.1) is 18.5 Å². The van der Waals surface area contributed by atoms with Crippen LogP contribution < -0.4 is 0 Å². The summed E-state index contributed by atoms with van der Waals surface area (Å²) in [5.74, 6) is 0.934. The van der Waals surface area contributed by atoms with Gasteiger partial charge in [-0.2, -0.15) is 5.26 Å². The van der Waals surface area contributed by atoms with Crippen LogP contribution in [0, 0.1) is 18.3 Å². The molecule has 0 bridgehead atoms. The molecule has 80 valence electrons.